The fraction of sp³-hybridized carbons (Fsp3) is 0.846. The predicted molar refractivity (Wildman–Crippen MR) is 71.8 cm³/mol. The minimum absolute atomic E-state index is 0.112. The second-order valence-corrected chi connectivity index (χ2v) is 5.55. The second-order valence-electron chi connectivity index (χ2n) is 5.55. The largest absolute Gasteiger partial charge is 0.396 e. The molecule has 6 heteroatoms. The standard InChI is InChI=1S/C13H24N4O2/c1-11(2)7-16-4-6-19-13(9-16)10-17-8-12(3-5-18)14-15-17/h8,11,13,18H,3-7,9-10H2,1-2H3. The van der Waals surface area contributed by atoms with Crippen LogP contribution in [0, 0.1) is 5.92 Å². The molecule has 1 saturated heterocycles. The summed E-state index contributed by atoms with van der Waals surface area (Å²) < 4.78 is 7.60. The van der Waals surface area contributed by atoms with Crippen molar-refractivity contribution >= 4 is 0 Å². The number of ether oxygens (including phenoxy) is 1. The first kappa shape index (κ1) is 14.4. The Kier molecular flexibility index (Phi) is 5.30. The lowest BCUT2D eigenvalue weighted by molar-refractivity contribution is -0.0406. The minimum atomic E-state index is 0.112. The number of hydrogen-bond acceptors (Lipinski definition) is 5. The van der Waals surface area contributed by atoms with Crippen molar-refractivity contribution in [2.45, 2.75) is 32.9 Å². The predicted octanol–water partition coefficient (Wildman–Crippen LogP) is 0.170. The van der Waals surface area contributed by atoms with Gasteiger partial charge in [0.05, 0.1) is 24.9 Å². The summed E-state index contributed by atoms with van der Waals surface area (Å²) >= 11 is 0. The molecule has 1 unspecified atom stereocenters. The van der Waals surface area contributed by atoms with Gasteiger partial charge in [-0.3, -0.25) is 4.90 Å². The molecule has 1 aliphatic rings. The third-order valence-electron chi connectivity index (χ3n) is 3.19. The number of aromatic nitrogens is 3. The molecular weight excluding hydrogens is 244 g/mol. The van der Waals surface area contributed by atoms with Crippen LogP contribution < -0.4 is 0 Å². The van der Waals surface area contributed by atoms with E-state index >= 15 is 0 Å². The van der Waals surface area contributed by atoms with Gasteiger partial charge in [0.25, 0.3) is 0 Å². The van der Waals surface area contributed by atoms with Crippen molar-refractivity contribution in [1.82, 2.24) is 19.9 Å². The smallest absolute Gasteiger partial charge is 0.0898 e. The Morgan fingerprint density at radius 2 is 2.37 bits per heavy atom. The number of nitrogens with zero attached hydrogens (tertiary/aromatic N) is 4. The van der Waals surface area contributed by atoms with Gasteiger partial charge in [-0.25, -0.2) is 4.68 Å². The van der Waals surface area contributed by atoms with Gasteiger partial charge in [0, 0.05) is 38.9 Å². The Hall–Kier alpha value is -0.980. The molecule has 1 aliphatic heterocycles. The van der Waals surface area contributed by atoms with Crippen LogP contribution in [0.1, 0.15) is 19.5 Å². The molecule has 19 heavy (non-hydrogen) atoms. The van der Waals surface area contributed by atoms with Crippen molar-refractivity contribution in [3.05, 3.63) is 11.9 Å². The van der Waals surface area contributed by atoms with E-state index in [-0.39, 0.29) is 12.7 Å². The van der Waals surface area contributed by atoms with E-state index in [1.54, 1.807) is 0 Å². The molecule has 1 aromatic heterocycles. The van der Waals surface area contributed by atoms with E-state index in [1.807, 2.05) is 10.9 Å². The number of aliphatic hydroxyl groups is 1. The first-order chi connectivity index (χ1) is 9.17. The molecule has 0 bridgehead atoms. The first-order valence-electron chi connectivity index (χ1n) is 7.01. The molecular formula is C13H24N4O2. The van der Waals surface area contributed by atoms with Crippen LogP contribution in [0.3, 0.4) is 0 Å². The van der Waals surface area contributed by atoms with Crippen molar-refractivity contribution in [2.75, 3.05) is 32.8 Å². The minimum Gasteiger partial charge on any atom is -0.396 e. The van der Waals surface area contributed by atoms with E-state index in [1.165, 1.54) is 0 Å². The SMILES string of the molecule is CC(C)CN1CCOC(Cn2cc(CCO)nn2)C1. The molecule has 1 aromatic rings. The Morgan fingerprint density at radius 1 is 1.53 bits per heavy atom. The van der Waals surface area contributed by atoms with E-state index in [4.69, 9.17) is 9.84 Å². The second kappa shape index (κ2) is 6.98. The van der Waals surface area contributed by atoms with Gasteiger partial charge >= 0.3 is 0 Å². The van der Waals surface area contributed by atoms with Gasteiger partial charge in [0.1, 0.15) is 0 Å². The summed E-state index contributed by atoms with van der Waals surface area (Å²) in [5, 5.41) is 17.0. The van der Waals surface area contributed by atoms with Crippen LogP contribution >= 0.6 is 0 Å². The Morgan fingerprint density at radius 3 is 3.11 bits per heavy atom. The maximum atomic E-state index is 8.86. The molecule has 0 amide bonds. The van der Waals surface area contributed by atoms with Crippen LogP contribution in [0.25, 0.3) is 0 Å². The molecule has 6 nitrogen and oxygen atoms in total. The van der Waals surface area contributed by atoms with Crippen LogP contribution in [-0.4, -0.2) is 64.0 Å². The van der Waals surface area contributed by atoms with Crippen molar-refractivity contribution in [3.63, 3.8) is 0 Å². The molecule has 1 fully saturated rings. The molecule has 2 rings (SSSR count). The lowest BCUT2D eigenvalue weighted by atomic mass is 10.2. The summed E-state index contributed by atoms with van der Waals surface area (Å²) in [6.45, 7) is 9.19. The summed E-state index contributed by atoms with van der Waals surface area (Å²) in [5.41, 5.74) is 0.831. The lowest BCUT2D eigenvalue weighted by Crippen LogP contribution is -2.45. The highest BCUT2D eigenvalue weighted by Crippen LogP contribution is 2.09. The molecule has 0 radical (unpaired) electrons. The monoisotopic (exact) mass is 268 g/mol. The summed E-state index contributed by atoms with van der Waals surface area (Å²) in [6.07, 6.45) is 2.63. The molecule has 108 valence electrons. The molecule has 0 aromatic carbocycles. The molecule has 2 heterocycles. The van der Waals surface area contributed by atoms with Gasteiger partial charge in [-0.2, -0.15) is 0 Å². The van der Waals surface area contributed by atoms with Crippen LogP contribution in [0.15, 0.2) is 6.20 Å². The maximum Gasteiger partial charge on any atom is 0.0898 e. The van der Waals surface area contributed by atoms with Gasteiger partial charge in [0.15, 0.2) is 0 Å². The zero-order chi connectivity index (χ0) is 13.7. The number of hydrogen-bond donors (Lipinski definition) is 1. The normalized spacial score (nSPS) is 21.2. The molecule has 1 N–H and O–H groups in total. The summed E-state index contributed by atoms with van der Waals surface area (Å²) in [7, 11) is 0. The van der Waals surface area contributed by atoms with E-state index in [0.29, 0.717) is 12.3 Å². The fourth-order valence-corrected chi connectivity index (χ4v) is 2.44. The maximum absolute atomic E-state index is 8.86. The lowest BCUT2D eigenvalue weighted by Gasteiger charge is -2.33. The number of rotatable bonds is 6. The molecule has 0 spiro atoms. The Labute approximate surface area is 114 Å². The Bertz CT molecular complexity index is 380. The molecule has 0 saturated carbocycles. The number of aliphatic hydroxyl groups excluding tert-OH is 1. The van der Waals surface area contributed by atoms with E-state index in [0.717, 1.165) is 38.5 Å². The van der Waals surface area contributed by atoms with Gasteiger partial charge < -0.3 is 9.84 Å². The van der Waals surface area contributed by atoms with E-state index in [9.17, 15) is 0 Å². The van der Waals surface area contributed by atoms with Crippen LogP contribution in [0.2, 0.25) is 0 Å². The van der Waals surface area contributed by atoms with E-state index < -0.39 is 0 Å². The van der Waals surface area contributed by atoms with E-state index in [2.05, 4.69) is 29.1 Å². The number of morpholine rings is 1. The fourth-order valence-electron chi connectivity index (χ4n) is 2.44. The zero-order valence-electron chi connectivity index (χ0n) is 11.8. The van der Waals surface area contributed by atoms with Gasteiger partial charge in [-0.05, 0) is 5.92 Å². The first-order valence-corrected chi connectivity index (χ1v) is 7.01. The highest BCUT2D eigenvalue weighted by molar-refractivity contribution is 4.92. The van der Waals surface area contributed by atoms with Crippen LogP contribution in [-0.2, 0) is 17.7 Å². The van der Waals surface area contributed by atoms with Gasteiger partial charge in [-0.15, -0.1) is 5.10 Å². The highest BCUT2D eigenvalue weighted by atomic mass is 16.5. The highest BCUT2D eigenvalue weighted by Gasteiger charge is 2.21. The Balaban J connectivity index is 1.83. The summed E-state index contributed by atoms with van der Waals surface area (Å²) in [4.78, 5) is 2.45. The topological polar surface area (TPSA) is 63.4 Å². The van der Waals surface area contributed by atoms with Crippen LogP contribution in [0.4, 0.5) is 0 Å². The van der Waals surface area contributed by atoms with Gasteiger partial charge in [-0.1, -0.05) is 19.1 Å². The third-order valence-corrected chi connectivity index (χ3v) is 3.19. The zero-order valence-corrected chi connectivity index (χ0v) is 11.8. The van der Waals surface area contributed by atoms with Crippen molar-refractivity contribution < 1.29 is 9.84 Å². The summed E-state index contributed by atoms with van der Waals surface area (Å²) in [6, 6.07) is 0. The average molecular weight is 268 g/mol. The molecule has 0 aliphatic carbocycles. The van der Waals surface area contributed by atoms with Crippen molar-refractivity contribution in [2.24, 2.45) is 5.92 Å². The summed E-state index contributed by atoms with van der Waals surface area (Å²) in [5.74, 6) is 0.682. The quantitative estimate of drug-likeness (QED) is 0.797. The average Bonchev–Trinajstić information content (AvgIpc) is 2.76. The molecule has 1 atom stereocenters. The van der Waals surface area contributed by atoms with Crippen LogP contribution in [0.5, 0.6) is 0 Å². The van der Waals surface area contributed by atoms with Crippen molar-refractivity contribution in [3.8, 4) is 0 Å². The van der Waals surface area contributed by atoms with Gasteiger partial charge in [0.2, 0.25) is 0 Å². The third kappa shape index (κ3) is 4.56. The van der Waals surface area contributed by atoms with Crippen molar-refractivity contribution in [1.29, 1.82) is 0 Å².